The number of hydrogen-bond acceptors (Lipinski definition) is 3. The van der Waals surface area contributed by atoms with Crippen molar-refractivity contribution in [2.45, 2.75) is 19.9 Å². The first kappa shape index (κ1) is 14.5. The molecule has 1 atom stereocenters. The van der Waals surface area contributed by atoms with E-state index in [1.807, 2.05) is 19.1 Å². The first-order chi connectivity index (χ1) is 8.13. The van der Waals surface area contributed by atoms with E-state index in [1.54, 1.807) is 7.11 Å². The molecule has 3 nitrogen and oxygen atoms in total. The van der Waals surface area contributed by atoms with Crippen molar-refractivity contribution in [3.63, 3.8) is 0 Å². The second-order valence-electron chi connectivity index (χ2n) is 4.07. The Bertz CT molecular complexity index is 344. The first-order valence-corrected chi connectivity index (χ1v) is 6.54. The lowest BCUT2D eigenvalue weighted by Crippen LogP contribution is -2.33. The molecule has 1 aromatic rings. The first-order valence-electron chi connectivity index (χ1n) is 5.74. The van der Waals surface area contributed by atoms with Gasteiger partial charge in [-0.2, -0.15) is 0 Å². The van der Waals surface area contributed by atoms with Gasteiger partial charge in [0.15, 0.2) is 0 Å². The fraction of sp³-hybridized carbons (Fsp3) is 0.538. The average molecular weight is 302 g/mol. The van der Waals surface area contributed by atoms with Crippen molar-refractivity contribution in [1.82, 2.24) is 5.32 Å². The highest BCUT2D eigenvalue weighted by Gasteiger charge is 2.01. The van der Waals surface area contributed by atoms with E-state index in [2.05, 4.69) is 34.2 Å². The topological polar surface area (TPSA) is 30.5 Å². The van der Waals surface area contributed by atoms with Crippen molar-refractivity contribution in [1.29, 1.82) is 0 Å². The van der Waals surface area contributed by atoms with Crippen LogP contribution >= 0.6 is 15.9 Å². The van der Waals surface area contributed by atoms with Crippen LogP contribution in [-0.2, 0) is 4.74 Å². The lowest BCUT2D eigenvalue weighted by Gasteiger charge is -2.14. The molecule has 0 fully saturated rings. The number of aryl methyl sites for hydroxylation is 1. The van der Waals surface area contributed by atoms with Gasteiger partial charge in [-0.25, -0.2) is 0 Å². The molecule has 0 spiro atoms. The van der Waals surface area contributed by atoms with Crippen molar-refractivity contribution in [2.24, 2.45) is 0 Å². The zero-order valence-electron chi connectivity index (χ0n) is 10.6. The smallest absolute Gasteiger partial charge is 0.122 e. The fourth-order valence-electron chi connectivity index (χ4n) is 1.55. The number of benzene rings is 1. The Balaban J connectivity index is 2.26. The van der Waals surface area contributed by atoms with Crippen LogP contribution in [0.4, 0.5) is 0 Å². The molecule has 96 valence electrons. The molecule has 0 amide bonds. The van der Waals surface area contributed by atoms with Crippen LogP contribution in [0.3, 0.4) is 0 Å². The Morgan fingerprint density at radius 1 is 1.41 bits per heavy atom. The number of nitrogens with one attached hydrogen (secondary N) is 1. The van der Waals surface area contributed by atoms with Gasteiger partial charge in [0.25, 0.3) is 0 Å². The summed E-state index contributed by atoms with van der Waals surface area (Å²) in [6.45, 7) is 6.34. The van der Waals surface area contributed by atoms with Gasteiger partial charge in [-0.15, -0.1) is 0 Å². The Kier molecular flexibility index (Phi) is 6.55. The van der Waals surface area contributed by atoms with Crippen LogP contribution in [-0.4, -0.2) is 32.9 Å². The Labute approximate surface area is 112 Å². The molecular weight excluding hydrogens is 282 g/mol. The van der Waals surface area contributed by atoms with E-state index in [1.165, 1.54) is 0 Å². The summed E-state index contributed by atoms with van der Waals surface area (Å²) in [5.41, 5.74) is 1.14. The van der Waals surface area contributed by atoms with Gasteiger partial charge in [0, 0.05) is 24.2 Å². The highest BCUT2D eigenvalue weighted by molar-refractivity contribution is 9.10. The van der Waals surface area contributed by atoms with Crippen LogP contribution in [0.5, 0.6) is 5.75 Å². The summed E-state index contributed by atoms with van der Waals surface area (Å²) in [4.78, 5) is 0. The molecular formula is C13H20BrNO2. The van der Waals surface area contributed by atoms with E-state index in [0.717, 1.165) is 28.9 Å². The molecule has 4 heteroatoms. The van der Waals surface area contributed by atoms with Gasteiger partial charge in [-0.05, 0) is 37.6 Å². The van der Waals surface area contributed by atoms with Gasteiger partial charge in [-0.1, -0.05) is 15.9 Å². The van der Waals surface area contributed by atoms with Crippen molar-refractivity contribution >= 4 is 15.9 Å². The highest BCUT2D eigenvalue weighted by Crippen LogP contribution is 2.21. The molecule has 0 aliphatic rings. The molecule has 0 aliphatic carbocycles. The maximum absolute atomic E-state index is 5.70. The molecule has 0 heterocycles. The van der Waals surface area contributed by atoms with E-state index in [0.29, 0.717) is 12.6 Å². The molecule has 0 bridgehead atoms. The zero-order chi connectivity index (χ0) is 12.7. The average Bonchev–Trinajstić information content (AvgIpc) is 2.27. The lowest BCUT2D eigenvalue weighted by molar-refractivity contribution is 0.169. The molecule has 0 aromatic heterocycles. The predicted molar refractivity (Wildman–Crippen MR) is 73.7 cm³/mol. The third-order valence-corrected chi connectivity index (χ3v) is 2.90. The van der Waals surface area contributed by atoms with Gasteiger partial charge >= 0.3 is 0 Å². The number of halogens is 1. The molecule has 0 saturated carbocycles. The SMILES string of the molecule is COCC(C)NCCOc1ccc(Br)cc1C. The Morgan fingerprint density at radius 3 is 2.82 bits per heavy atom. The van der Waals surface area contributed by atoms with Crippen LogP contribution in [0.25, 0.3) is 0 Å². The summed E-state index contributed by atoms with van der Waals surface area (Å²) in [7, 11) is 1.71. The van der Waals surface area contributed by atoms with Gasteiger partial charge in [-0.3, -0.25) is 0 Å². The minimum Gasteiger partial charge on any atom is -0.492 e. The Morgan fingerprint density at radius 2 is 2.18 bits per heavy atom. The summed E-state index contributed by atoms with van der Waals surface area (Å²) in [5, 5.41) is 3.33. The number of hydrogen-bond donors (Lipinski definition) is 1. The maximum Gasteiger partial charge on any atom is 0.122 e. The van der Waals surface area contributed by atoms with Gasteiger partial charge < -0.3 is 14.8 Å². The van der Waals surface area contributed by atoms with Crippen molar-refractivity contribution in [3.05, 3.63) is 28.2 Å². The predicted octanol–water partition coefficient (Wildman–Crippen LogP) is 2.76. The minimum atomic E-state index is 0.356. The molecule has 1 N–H and O–H groups in total. The Hall–Kier alpha value is -0.580. The molecule has 0 radical (unpaired) electrons. The van der Waals surface area contributed by atoms with E-state index in [-0.39, 0.29) is 0 Å². The van der Waals surface area contributed by atoms with E-state index in [4.69, 9.17) is 9.47 Å². The third kappa shape index (κ3) is 5.52. The van der Waals surface area contributed by atoms with Crippen LogP contribution in [0, 0.1) is 6.92 Å². The standard InChI is InChI=1S/C13H20BrNO2/c1-10-8-12(14)4-5-13(10)17-7-6-15-11(2)9-16-3/h4-5,8,11,15H,6-7,9H2,1-3H3. The maximum atomic E-state index is 5.70. The van der Waals surface area contributed by atoms with Gasteiger partial charge in [0.05, 0.1) is 6.61 Å². The largest absolute Gasteiger partial charge is 0.492 e. The lowest BCUT2D eigenvalue weighted by atomic mass is 10.2. The normalized spacial score (nSPS) is 12.5. The molecule has 0 aliphatic heterocycles. The van der Waals surface area contributed by atoms with Crippen LogP contribution in [0.15, 0.2) is 22.7 Å². The molecule has 0 saturated heterocycles. The number of methoxy groups -OCH3 is 1. The van der Waals surface area contributed by atoms with Crippen molar-refractivity contribution < 1.29 is 9.47 Å². The van der Waals surface area contributed by atoms with E-state index >= 15 is 0 Å². The van der Waals surface area contributed by atoms with Crippen LogP contribution < -0.4 is 10.1 Å². The molecule has 1 aromatic carbocycles. The van der Waals surface area contributed by atoms with E-state index < -0.39 is 0 Å². The van der Waals surface area contributed by atoms with Crippen LogP contribution in [0.1, 0.15) is 12.5 Å². The molecule has 17 heavy (non-hydrogen) atoms. The second-order valence-corrected chi connectivity index (χ2v) is 4.98. The quantitative estimate of drug-likeness (QED) is 0.786. The highest BCUT2D eigenvalue weighted by atomic mass is 79.9. The minimum absolute atomic E-state index is 0.356. The van der Waals surface area contributed by atoms with Gasteiger partial charge in [0.2, 0.25) is 0 Å². The second kappa shape index (κ2) is 7.69. The summed E-state index contributed by atoms with van der Waals surface area (Å²) < 4.78 is 11.8. The molecule has 1 rings (SSSR count). The number of ether oxygens (including phenoxy) is 2. The fourth-order valence-corrected chi connectivity index (χ4v) is 2.03. The monoisotopic (exact) mass is 301 g/mol. The summed E-state index contributed by atoms with van der Waals surface area (Å²) in [6, 6.07) is 6.38. The third-order valence-electron chi connectivity index (χ3n) is 2.41. The van der Waals surface area contributed by atoms with Crippen molar-refractivity contribution in [2.75, 3.05) is 26.9 Å². The molecule has 1 unspecified atom stereocenters. The summed E-state index contributed by atoms with van der Waals surface area (Å²) >= 11 is 3.43. The van der Waals surface area contributed by atoms with E-state index in [9.17, 15) is 0 Å². The number of rotatable bonds is 7. The summed E-state index contributed by atoms with van der Waals surface area (Å²) in [5.74, 6) is 0.939. The van der Waals surface area contributed by atoms with Crippen LogP contribution in [0.2, 0.25) is 0 Å². The van der Waals surface area contributed by atoms with Gasteiger partial charge in [0.1, 0.15) is 12.4 Å². The summed E-state index contributed by atoms with van der Waals surface area (Å²) in [6.07, 6.45) is 0. The van der Waals surface area contributed by atoms with Crippen molar-refractivity contribution in [3.8, 4) is 5.75 Å². The zero-order valence-corrected chi connectivity index (χ0v) is 12.2.